The van der Waals surface area contributed by atoms with E-state index in [1.165, 1.54) is 12.1 Å². The minimum absolute atomic E-state index is 0.0450. The van der Waals surface area contributed by atoms with Crippen molar-refractivity contribution >= 4 is 28.2 Å². The Kier molecular flexibility index (Phi) is 7.39. The summed E-state index contributed by atoms with van der Waals surface area (Å²) in [5, 5.41) is 18.5. The molecule has 8 heteroatoms. The van der Waals surface area contributed by atoms with Gasteiger partial charge in [0.15, 0.2) is 0 Å². The molecule has 2 aromatic rings. The summed E-state index contributed by atoms with van der Waals surface area (Å²) >= 11 is 0. The summed E-state index contributed by atoms with van der Waals surface area (Å²) < 4.78 is 27.3. The molecule has 4 N–H and O–H groups in total. The molecule has 2 aromatic carbocycles. The highest BCUT2D eigenvalue weighted by Crippen LogP contribution is 2.34. The predicted octanol–water partition coefficient (Wildman–Crippen LogP) is 5.20. The lowest BCUT2D eigenvalue weighted by atomic mass is 9.92. The predicted molar refractivity (Wildman–Crippen MR) is 117 cm³/mol. The van der Waals surface area contributed by atoms with Crippen LogP contribution < -0.4 is 10.5 Å². The van der Waals surface area contributed by atoms with E-state index in [4.69, 9.17) is 5.14 Å². The second-order valence-electron chi connectivity index (χ2n) is 8.38. The van der Waals surface area contributed by atoms with Gasteiger partial charge >= 0.3 is 6.03 Å². The van der Waals surface area contributed by atoms with Gasteiger partial charge in [-0.3, -0.25) is 0 Å². The van der Waals surface area contributed by atoms with Crippen molar-refractivity contribution < 1.29 is 22.4 Å². The SMILES string of the molecule is CC(C)c1cc(F)cc(C(C)C)c1NC(=O)/[N+](c1ccc(C(C)(C)O)cc1)=[S-](/N)=O. The molecular formula is C22H30FN3O3S. The van der Waals surface area contributed by atoms with Gasteiger partial charge in [0, 0.05) is 11.1 Å². The molecule has 2 rings (SSSR count). The zero-order chi connectivity index (χ0) is 22.8. The van der Waals surface area contributed by atoms with Crippen LogP contribution in [0.3, 0.4) is 0 Å². The van der Waals surface area contributed by atoms with Crippen molar-refractivity contribution in [2.75, 3.05) is 5.32 Å². The van der Waals surface area contributed by atoms with Crippen LogP contribution in [0, 0.1) is 5.82 Å². The van der Waals surface area contributed by atoms with E-state index in [-0.39, 0.29) is 17.7 Å². The van der Waals surface area contributed by atoms with E-state index in [1.54, 1.807) is 38.1 Å². The largest absolute Gasteiger partial charge is 0.481 e. The molecule has 0 bridgehead atoms. The number of hydrogen-bond acceptors (Lipinski definition) is 4. The van der Waals surface area contributed by atoms with Crippen molar-refractivity contribution in [1.29, 1.82) is 0 Å². The van der Waals surface area contributed by atoms with Crippen molar-refractivity contribution in [1.82, 2.24) is 0 Å². The third kappa shape index (κ3) is 5.44. The summed E-state index contributed by atoms with van der Waals surface area (Å²) in [6.45, 7) is 10.9. The van der Waals surface area contributed by atoms with Gasteiger partial charge in [-0.15, -0.1) is 0 Å². The van der Waals surface area contributed by atoms with Crippen LogP contribution in [0.2, 0.25) is 0 Å². The number of benzene rings is 2. The Bertz CT molecular complexity index is 990. The molecule has 6 nitrogen and oxygen atoms in total. The number of nitrogens with one attached hydrogen (secondary N) is 1. The second-order valence-corrected chi connectivity index (χ2v) is 9.29. The molecule has 0 aliphatic carbocycles. The van der Waals surface area contributed by atoms with Crippen molar-refractivity contribution in [2.45, 2.75) is 59.0 Å². The number of aliphatic hydroxyl groups is 1. The first-order chi connectivity index (χ1) is 13.8. The Morgan fingerprint density at radius 2 is 1.57 bits per heavy atom. The Morgan fingerprint density at radius 1 is 1.10 bits per heavy atom. The molecule has 0 heterocycles. The fraction of sp³-hybridized carbons (Fsp3) is 0.409. The molecule has 0 aliphatic rings. The van der Waals surface area contributed by atoms with Crippen LogP contribution in [0.15, 0.2) is 36.4 Å². The van der Waals surface area contributed by atoms with Crippen LogP contribution in [0.1, 0.15) is 70.1 Å². The quantitative estimate of drug-likeness (QED) is 0.445. The number of nitrogens with zero attached hydrogens (tertiary/aromatic N) is 1. The molecule has 164 valence electrons. The molecule has 0 fully saturated rings. The van der Waals surface area contributed by atoms with Gasteiger partial charge in [-0.1, -0.05) is 39.8 Å². The number of amides is 2. The number of carbonyl (C=O) groups excluding carboxylic acids is 1. The van der Waals surface area contributed by atoms with Crippen LogP contribution in [0.4, 0.5) is 20.6 Å². The van der Waals surface area contributed by atoms with Gasteiger partial charge in [0.2, 0.25) is 0 Å². The molecule has 0 aromatic heterocycles. The summed E-state index contributed by atoms with van der Waals surface area (Å²) in [7, 11) is -2.14. The smallest absolute Gasteiger partial charge is 0.408 e. The lowest BCUT2D eigenvalue weighted by molar-refractivity contribution is -0.299. The van der Waals surface area contributed by atoms with Crippen LogP contribution in [-0.4, -0.2) is 15.1 Å². The Hall–Kier alpha value is -2.29. The first kappa shape index (κ1) is 24.0. The van der Waals surface area contributed by atoms with E-state index >= 15 is 0 Å². The van der Waals surface area contributed by atoms with Crippen molar-refractivity contribution in [2.24, 2.45) is 5.14 Å². The van der Waals surface area contributed by atoms with Crippen molar-refractivity contribution in [3.05, 3.63) is 58.9 Å². The Labute approximate surface area is 179 Å². The van der Waals surface area contributed by atoms with Gasteiger partial charge < -0.3 is 14.5 Å². The molecule has 0 aliphatic heterocycles. The molecule has 0 radical (unpaired) electrons. The first-order valence-electron chi connectivity index (χ1n) is 9.76. The monoisotopic (exact) mass is 435 g/mol. The third-order valence-electron chi connectivity index (χ3n) is 4.81. The fourth-order valence-electron chi connectivity index (χ4n) is 3.17. The van der Waals surface area contributed by atoms with Gasteiger partial charge in [0.25, 0.3) is 0 Å². The minimum Gasteiger partial charge on any atom is -0.408 e. The first-order valence-corrected chi connectivity index (χ1v) is 10.9. The number of urea groups is 1. The molecule has 0 unspecified atom stereocenters. The maximum absolute atomic E-state index is 14.1. The molecule has 2 amide bonds. The summed E-state index contributed by atoms with van der Waals surface area (Å²) in [4.78, 5) is 13.1. The van der Waals surface area contributed by atoms with Gasteiger partial charge in [-0.2, -0.15) is 4.79 Å². The fourth-order valence-corrected chi connectivity index (χ4v) is 3.71. The highest BCUT2D eigenvalue weighted by Gasteiger charge is 2.25. The van der Waals surface area contributed by atoms with Gasteiger partial charge in [-0.05, 0) is 66.3 Å². The number of rotatable bonds is 5. The van der Waals surface area contributed by atoms with Crippen LogP contribution in [0.25, 0.3) is 0 Å². The highest BCUT2D eigenvalue weighted by molar-refractivity contribution is 7.70. The molecular weight excluding hydrogens is 405 g/mol. The summed E-state index contributed by atoms with van der Waals surface area (Å²) in [6, 6.07) is 8.51. The average molecular weight is 436 g/mol. The Morgan fingerprint density at radius 3 is 1.93 bits per heavy atom. The molecule has 0 spiro atoms. The third-order valence-corrected chi connectivity index (χ3v) is 5.55. The number of nitrogens with two attached hydrogens (primary N) is 1. The normalized spacial score (nSPS) is 13.5. The van der Waals surface area contributed by atoms with Gasteiger partial charge in [-0.25, -0.2) is 13.7 Å². The van der Waals surface area contributed by atoms with E-state index in [0.29, 0.717) is 28.1 Å². The van der Waals surface area contributed by atoms with E-state index in [9.17, 15) is 18.5 Å². The summed E-state index contributed by atoms with van der Waals surface area (Å²) in [6.07, 6.45) is 0. The highest BCUT2D eigenvalue weighted by atomic mass is 32.2. The number of halogens is 1. The van der Waals surface area contributed by atoms with E-state index in [1.807, 2.05) is 27.7 Å². The second kappa shape index (κ2) is 9.24. The molecule has 30 heavy (non-hydrogen) atoms. The number of carbonyl (C=O) groups is 1. The summed E-state index contributed by atoms with van der Waals surface area (Å²) in [5.41, 5.74) is 1.67. The molecule has 0 saturated carbocycles. The Balaban J connectivity index is 2.52. The topological polar surface area (TPSA) is 95.4 Å². The van der Waals surface area contributed by atoms with Crippen molar-refractivity contribution in [3.8, 4) is 0 Å². The van der Waals surface area contributed by atoms with Crippen LogP contribution >= 0.6 is 0 Å². The lowest BCUT2D eigenvalue weighted by Crippen LogP contribution is -2.27. The summed E-state index contributed by atoms with van der Waals surface area (Å²) in [5.74, 6) is -0.463. The average Bonchev–Trinajstić information content (AvgIpc) is 2.62. The van der Waals surface area contributed by atoms with E-state index in [0.717, 1.165) is 3.95 Å². The van der Waals surface area contributed by atoms with E-state index < -0.39 is 22.4 Å². The lowest BCUT2D eigenvalue weighted by Gasteiger charge is -2.19. The van der Waals surface area contributed by atoms with Gasteiger partial charge in [0.05, 0.1) is 5.60 Å². The molecule has 0 saturated heterocycles. The minimum atomic E-state index is -2.14. The zero-order valence-electron chi connectivity index (χ0n) is 18.2. The number of hydrogen-bond donors (Lipinski definition) is 3. The van der Waals surface area contributed by atoms with Crippen LogP contribution in [0.5, 0.6) is 0 Å². The molecule has 0 atom stereocenters. The standard InChI is InChI=1S/C22H30FN3O3S/c1-13(2)18-11-16(23)12-19(14(3)4)20(18)25-21(27)26(30(24)29)17-9-7-15(8-10-17)22(5,6)28/h7-14,28H,1-6H3,(H2,24,29)(H,25,27). The zero-order valence-corrected chi connectivity index (χ0v) is 19.0. The maximum Gasteiger partial charge on any atom is 0.481 e. The van der Waals surface area contributed by atoms with Crippen LogP contribution in [-0.2, 0) is 20.6 Å². The maximum atomic E-state index is 14.1. The van der Waals surface area contributed by atoms with E-state index in [2.05, 4.69) is 5.32 Å². The van der Waals surface area contributed by atoms with Crippen molar-refractivity contribution in [3.63, 3.8) is 0 Å². The number of anilines is 1. The van der Waals surface area contributed by atoms with Gasteiger partial charge in [0.1, 0.15) is 17.2 Å².